The van der Waals surface area contributed by atoms with Crippen molar-refractivity contribution >= 4 is 26.7 Å². The van der Waals surface area contributed by atoms with E-state index >= 15 is 0 Å². The van der Waals surface area contributed by atoms with E-state index in [1.54, 1.807) is 18.3 Å². The average molecular weight is 424 g/mol. The third-order valence-electron chi connectivity index (χ3n) is 5.66. The molecule has 0 spiro atoms. The number of carbonyl (C=O) groups excluding carboxylic acids is 1. The summed E-state index contributed by atoms with van der Waals surface area (Å²) in [4.78, 5) is 16.6. The van der Waals surface area contributed by atoms with Gasteiger partial charge in [-0.25, -0.2) is 8.42 Å². The van der Waals surface area contributed by atoms with Gasteiger partial charge in [0, 0.05) is 32.0 Å². The van der Waals surface area contributed by atoms with Gasteiger partial charge in [-0.15, -0.1) is 0 Å². The molecule has 0 aliphatic carbocycles. The molecule has 0 radical (unpaired) electrons. The molecule has 1 fully saturated rings. The van der Waals surface area contributed by atoms with Crippen LogP contribution in [0.4, 0.5) is 0 Å². The lowest BCUT2D eigenvalue weighted by Crippen LogP contribution is -2.41. The Hall–Kier alpha value is -2.77. The minimum atomic E-state index is -3.49. The van der Waals surface area contributed by atoms with Crippen molar-refractivity contribution in [2.45, 2.75) is 24.2 Å². The van der Waals surface area contributed by atoms with Crippen molar-refractivity contribution in [2.75, 3.05) is 19.6 Å². The Labute approximate surface area is 177 Å². The lowest BCUT2D eigenvalue weighted by molar-refractivity contribution is -0.120. The van der Waals surface area contributed by atoms with Crippen LogP contribution in [-0.2, 0) is 21.2 Å². The fourth-order valence-electron chi connectivity index (χ4n) is 3.94. The smallest absolute Gasteiger partial charge is 0.244 e. The first-order chi connectivity index (χ1) is 14.5. The maximum absolute atomic E-state index is 12.7. The zero-order valence-electron chi connectivity index (χ0n) is 16.7. The normalized spacial score (nSPS) is 15.9. The standard InChI is InChI=1S/C23H25N3O3S/c27-23(15-20-7-3-6-19-5-1-2-9-22(19)20)25-16-18-10-13-26(14-11-18)30(28,29)21-8-4-12-24-17-21/h1-9,12,17-18H,10-11,13-16H2,(H,25,27). The number of benzene rings is 2. The van der Waals surface area contributed by atoms with Gasteiger partial charge in [0.25, 0.3) is 0 Å². The third kappa shape index (κ3) is 4.52. The molecule has 6 nitrogen and oxygen atoms in total. The highest BCUT2D eigenvalue weighted by atomic mass is 32.2. The lowest BCUT2D eigenvalue weighted by Gasteiger charge is -2.31. The topological polar surface area (TPSA) is 79.4 Å². The van der Waals surface area contributed by atoms with Crippen LogP contribution in [0.25, 0.3) is 10.8 Å². The fourth-order valence-corrected chi connectivity index (χ4v) is 5.38. The van der Waals surface area contributed by atoms with E-state index < -0.39 is 10.0 Å². The number of hydrogen-bond donors (Lipinski definition) is 1. The van der Waals surface area contributed by atoms with Gasteiger partial charge in [-0.3, -0.25) is 9.78 Å². The molecule has 1 aromatic heterocycles. The van der Waals surface area contributed by atoms with Crippen LogP contribution >= 0.6 is 0 Å². The van der Waals surface area contributed by atoms with Gasteiger partial charge in [0.2, 0.25) is 15.9 Å². The number of rotatable bonds is 6. The lowest BCUT2D eigenvalue weighted by atomic mass is 9.98. The van der Waals surface area contributed by atoms with Gasteiger partial charge in [-0.2, -0.15) is 4.31 Å². The maximum atomic E-state index is 12.7. The van der Waals surface area contributed by atoms with E-state index in [2.05, 4.69) is 10.3 Å². The zero-order chi connectivity index (χ0) is 21.0. The van der Waals surface area contributed by atoms with Crippen molar-refractivity contribution in [1.29, 1.82) is 0 Å². The molecular weight excluding hydrogens is 398 g/mol. The van der Waals surface area contributed by atoms with Crippen LogP contribution in [-0.4, -0.2) is 43.2 Å². The summed E-state index contributed by atoms with van der Waals surface area (Å²) in [6.07, 6.45) is 4.75. The number of aromatic nitrogens is 1. The first-order valence-electron chi connectivity index (χ1n) is 10.2. The molecular formula is C23H25N3O3S. The minimum Gasteiger partial charge on any atom is -0.356 e. The fraction of sp³-hybridized carbons (Fsp3) is 0.304. The Bertz CT molecular complexity index is 1120. The second-order valence-corrected chi connectivity index (χ2v) is 9.59. The summed E-state index contributed by atoms with van der Waals surface area (Å²) < 4.78 is 26.9. The van der Waals surface area contributed by atoms with Crippen molar-refractivity contribution in [3.8, 4) is 0 Å². The number of nitrogens with zero attached hydrogens (tertiary/aromatic N) is 2. The van der Waals surface area contributed by atoms with Crippen LogP contribution in [0.2, 0.25) is 0 Å². The molecule has 1 aliphatic rings. The number of carbonyl (C=O) groups is 1. The van der Waals surface area contributed by atoms with Gasteiger partial charge in [-0.1, -0.05) is 42.5 Å². The Morgan fingerprint density at radius 1 is 1.03 bits per heavy atom. The van der Waals surface area contributed by atoms with Gasteiger partial charge >= 0.3 is 0 Å². The molecule has 7 heteroatoms. The monoisotopic (exact) mass is 423 g/mol. The predicted molar refractivity (Wildman–Crippen MR) is 116 cm³/mol. The number of fused-ring (bicyclic) bond motifs is 1. The van der Waals surface area contributed by atoms with Gasteiger partial charge in [-0.05, 0) is 47.2 Å². The summed E-state index contributed by atoms with van der Waals surface area (Å²) in [5, 5.41) is 5.26. The van der Waals surface area contributed by atoms with E-state index in [4.69, 9.17) is 0 Å². The third-order valence-corrected chi connectivity index (χ3v) is 7.55. The summed E-state index contributed by atoms with van der Waals surface area (Å²) in [5.41, 5.74) is 1.02. The Kier molecular flexibility index (Phi) is 6.11. The Balaban J connectivity index is 1.29. The number of amides is 1. The van der Waals surface area contributed by atoms with Gasteiger partial charge < -0.3 is 5.32 Å². The minimum absolute atomic E-state index is 0.00300. The number of piperidine rings is 1. The molecule has 1 aliphatic heterocycles. The number of hydrogen-bond acceptors (Lipinski definition) is 4. The van der Waals surface area contributed by atoms with E-state index in [1.165, 1.54) is 10.5 Å². The molecule has 0 unspecified atom stereocenters. The molecule has 2 heterocycles. The molecule has 0 atom stereocenters. The SMILES string of the molecule is O=C(Cc1cccc2ccccc12)NCC1CCN(S(=O)(=O)c2cccnc2)CC1. The molecule has 3 aromatic rings. The molecule has 0 bridgehead atoms. The molecule has 1 amide bonds. The molecule has 4 rings (SSSR count). The summed E-state index contributed by atoms with van der Waals surface area (Å²) in [6, 6.07) is 17.3. The van der Waals surface area contributed by atoms with E-state index in [-0.39, 0.29) is 16.7 Å². The van der Waals surface area contributed by atoms with E-state index in [9.17, 15) is 13.2 Å². The largest absolute Gasteiger partial charge is 0.356 e. The summed E-state index contributed by atoms with van der Waals surface area (Å²) in [5.74, 6) is 0.276. The van der Waals surface area contributed by atoms with Gasteiger partial charge in [0.1, 0.15) is 4.90 Å². The highest BCUT2D eigenvalue weighted by Gasteiger charge is 2.29. The van der Waals surface area contributed by atoms with Gasteiger partial charge in [0.15, 0.2) is 0 Å². The molecule has 2 aromatic carbocycles. The highest BCUT2D eigenvalue weighted by Crippen LogP contribution is 2.23. The quantitative estimate of drug-likeness (QED) is 0.661. The molecule has 1 N–H and O–H groups in total. The van der Waals surface area contributed by atoms with Crippen LogP contribution < -0.4 is 5.32 Å². The molecule has 1 saturated heterocycles. The first kappa shape index (κ1) is 20.5. The van der Waals surface area contributed by atoms with Crippen molar-refractivity contribution in [2.24, 2.45) is 5.92 Å². The van der Waals surface area contributed by atoms with Crippen LogP contribution in [0.15, 0.2) is 71.9 Å². The zero-order valence-corrected chi connectivity index (χ0v) is 17.5. The number of nitrogens with one attached hydrogen (secondary N) is 1. The Morgan fingerprint density at radius 3 is 2.57 bits per heavy atom. The maximum Gasteiger partial charge on any atom is 0.244 e. The second kappa shape index (κ2) is 8.93. The molecule has 0 saturated carbocycles. The molecule has 156 valence electrons. The highest BCUT2D eigenvalue weighted by molar-refractivity contribution is 7.89. The number of sulfonamides is 1. The van der Waals surface area contributed by atoms with Crippen molar-refractivity contribution in [1.82, 2.24) is 14.6 Å². The van der Waals surface area contributed by atoms with Crippen LogP contribution in [0.5, 0.6) is 0 Å². The number of pyridine rings is 1. The summed E-state index contributed by atoms with van der Waals surface area (Å²) in [6.45, 7) is 1.49. The average Bonchev–Trinajstić information content (AvgIpc) is 2.79. The van der Waals surface area contributed by atoms with Crippen LogP contribution in [0.1, 0.15) is 18.4 Å². The predicted octanol–water partition coefficient (Wildman–Crippen LogP) is 2.99. The van der Waals surface area contributed by atoms with E-state index in [0.29, 0.717) is 26.1 Å². The van der Waals surface area contributed by atoms with Crippen LogP contribution in [0, 0.1) is 5.92 Å². The van der Waals surface area contributed by atoms with Crippen molar-refractivity contribution < 1.29 is 13.2 Å². The first-order valence-corrected chi connectivity index (χ1v) is 11.6. The van der Waals surface area contributed by atoms with E-state index in [0.717, 1.165) is 29.2 Å². The van der Waals surface area contributed by atoms with Crippen molar-refractivity contribution in [3.63, 3.8) is 0 Å². The van der Waals surface area contributed by atoms with E-state index in [1.807, 2.05) is 42.5 Å². The second-order valence-electron chi connectivity index (χ2n) is 7.66. The van der Waals surface area contributed by atoms with Gasteiger partial charge in [0.05, 0.1) is 6.42 Å². The summed E-state index contributed by atoms with van der Waals surface area (Å²) >= 11 is 0. The molecule has 30 heavy (non-hydrogen) atoms. The van der Waals surface area contributed by atoms with Crippen LogP contribution in [0.3, 0.4) is 0 Å². The summed E-state index contributed by atoms with van der Waals surface area (Å²) in [7, 11) is -3.49. The Morgan fingerprint density at radius 2 is 1.80 bits per heavy atom. The van der Waals surface area contributed by atoms with Crippen molar-refractivity contribution in [3.05, 3.63) is 72.6 Å².